The smallest absolute Gasteiger partial charge is 0.308 e. The molecule has 31 heavy (non-hydrogen) atoms. The van der Waals surface area contributed by atoms with Gasteiger partial charge < -0.3 is 19.7 Å². The van der Waals surface area contributed by atoms with E-state index < -0.39 is 0 Å². The normalized spacial score (nSPS) is 19.3. The maximum atomic E-state index is 11.8. The van der Waals surface area contributed by atoms with E-state index in [0.29, 0.717) is 6.04 Å². The van der Waals surface area contributed by atoms with Crippen LogP contribution in [0.5, 0.6) is 5.75 Å². The van der Waals surface area contributed by atoms with Crippen molar-refractivity contribution in [1.29, 1.82) is 0 Å². The second-order valence-corrected chi connectivity index (χ2v) is 8.10. The van der Waals surface area contributed by atoms with Crippen LogP contribution in [0.3, 0.4) is 0 Å². The highest BCUT2D eigenvalue weighted by atomic mass is 127. The van der Waals surface area contributed by atoms with Crippen LogP contribution in [0.4, 0.5) is 0 Å². The monoisotopic (exact) mass is 544 g/mol. The van der Waals surface area contributed by atoms with E-state index in [4.69, 9.17) is 9.47 Å². The lowest BCUT2D eigenvalue weighted by molar-refractivity contribution is -0.146. The Morgan fingerprint density at radius 3 is 2.29 bits per heavy atom. The molecule has 2 aliphatic rings. The number of carbonyl (C=O) groups excluding carboxylic acids is 1. The molecule has 7 nitrogen and oxygen atoms in total. The first-order chi connectivity index (χ1) is 14.7. The molecule has 1 aromatic rings. The molecule has 1 aromatic carbocycles. The SMILES string of the molecule is CN=C(NCC(c1ccc(OC)cc1)N1CCCCC1)N1CCC(C(=O)OC)CC1.I. The molecule has 3 rings (SSSR count). The van der Waals surface area contributed by atoms with Gasteiger partial charge in [0.2, 0.25) is 0 Å². The van der Waals surface area contributed by atoms with E-state index in [1.807, 2.05) is 19.2 Å². The van der Waals surface area contributed by atoms with Crippen LogP contribution < -0.4 is 10.1 Å². The zero-order chi connectivity index (χ0) is 21.3. The van der Waals surface area contributed by atoms with Crippen LogP contribution in [0.1, 0.15) is 43.7 Å². The molecule has 1 atom stereocenters. The minimum Gasteiger partial charge on any atom is -0.497 e. The quantitative estimate of drug-likeness (QED) is 0.257. The van der Waals surface area contributed by atoms with Crippen LogP contribution in [0.2, 0.25) is 0 Å². The van der Waals surface area contributed by atoms with Gasteiger partial charge in [-0.1, -0.05) is 18.6 Å². The zero-order valence-electron chi connectivity index (χ0n) is 19.0. The Hall–Kier alpha value is -1.55. The van der Waals surface area contributed by atoms with Crippen molar-refractivity contribution in [2.24, 2.45) is 10.9 Å². The standard InChI is InChI=1S/C23H36N4O3.HI/c1-24-23(27-15-11-19(12-16-27)22(28)30-3)25-17-21(26-13-5-4-6-14-26)18-7-9-20(29-2)10-8-18;/h7-10,19,21H,4-6,11-17H2,1-3H3,(H,24,25);1H. The van der Waals surface area contributed by atoms with Crippen LogP contribution in [0, 0.1) is 5.92 Å². The van der Waals surface area contributed by atoms with Gasteiger partial charge in [0.1, 0.15) is 5.75 Å². The summed E-state index contributed by atoms with van der Waals surface area (Å²) in [6.07, 6.45) is 5.43. The number of carbonyl (C=O) groups is 1. The minimum absolute atomic E-state index is 0. The fourth-order valence-corrected chi connectivity index (χ4v) is 4.53. The van der Waals surface area contributed by atoms with Crippen molar-refractivity contribution in [3.8, 4) is 5.75 Å². The number of benzene rings is 1. The van der Waals surface area contributed by atoms with E-state index in [1.54, 1.807) is 7.11 Å². The molecule has 2 heterocycles. The van der Waals surface area contributed by atoms with Crippen LogP contribution in [0.25, 0.3) is 0 Å². The largest absolute Gasteiger partial charge is 0.497 e. The molecule has 0 amide bonds. The van der Waals surface area contributed by atoms with Crippen LogP contribution >= 0.6 is 24.0 Å². The van der Waals surface area contributed by atoms with E-state index in [-0.39, 0.29) is 35.9 Å². The number of hydrogen-bond acceptors (Lipinski definition) is 5. The van der Waals surface area contributed by atoms with Gasteiger partial charge in [0.15, 0.2) is 5.96 Å². The Morgan fingerprint density at radius 2 is 1.74 bits per heavy atom. The lowest BCUT2D eigenvalue weighted by atomic mass is 9.97. The van der Waals surface area contributed by atoms with Crippen LogP contribution in [-0.2, 0) is 9.53 Å². The first kappa shape index (κ1) is 25.7. The van der Waals surface area contributed by atoms with E-state index in [2.05, 4.69) is 32.2 Å². The number of esters is 1. The van der Waals surface area contributed by atoms with Crippen LogP contribution in [-0.4, -0.2) is 75.7 Å². The molecule has 174 valence electrons. The molecule has 0 aromatic heterocycles. The van der Waals surface area contributed by atoms with Gasteiger partial charge in [-0.05, 0) is 56.5 Å². The van der Waals surface area contributed by atoms with Gasteiger partial charge in [0.05, 0.1) is 26.2 Å². The fourth-order valence-electron chi connectivity index (χ4n) is 4.53. The molecule has 0 radical (unpaired) electrons. The fraction of sp³-hybridized carbons (Fsp3) is 0.652. The number of ether oxygens (including phenoxy) is 2. The van der Waals surface area contributed by atoms with Gasteiger partial charge in [-0.25, -0.2) is 0 Å². The number of guanidine groups is 1. The second-order valence-electron chi connectivity index (χ2n) is 8.10. The van der Waals surface area contributed by atoms with Crippen molar-refractivity contribution < 1.29 is 14.3 Å². The van der Waals surface area contributed by atoms with E-state index in [1.165, 1.54) is 31.9 Å². The lowest BCUT2D eigenvalue weighted by Gasteiger charge is -2.37. The molecule has 1 N–H and O–H groups in total. The number of nitrogens with one attached hydrogen (secondary N) is 1. The predicted molar refractivity (Wildman–Crippen MR) is 134 cm³/mol. The number of piperidine rings is 2. The Labute approximate surface area is 203 Å². The highest BCUT2D eigenvalue weighted by Crippen LogP contribution is 2.26. The van der Waals surface area contributed by atoms with Crippen molar-refractivity contribution in [2.45, 2.75) is 38.1 Å². The molecule has 0 aliphatic carbocycles. The summed E-state index contributed by atoms with van der Waals surface area (Å²) in [4.78, 5) is 21.2. The van der Waals surface area contributed by atoms with Gasteiger partial charge in [-0.15, -0.1) is 24.0 Å². The maximum Gasteiger partial charge on any atom is 0.308 e. The van der Waals surface area contributed by atoms with Gasteiger partial charge in [0.25, 0.3) is 0 Å². The van der Waals surface area contributed by atoms with E-state index in [0.717, 1.165) is 57.3 Å². The number of aliphatic imine (C=N–C) groups is 1. The number of hydrogen-bond donors (Lipinski definition) is 1. The first-order valence-electron chi connectivity index (χ1n) is 11.1. The molecule has 2 fully saturated rings. The Morgan fingerprint density at radius 1 is 1.10 bits per heavy atom. The summed E-state index contributed by atoms with van der Waals surface area (Å²) in [5.41, 5.74) is 1.30. The number of halogens is 1. The molecule has 0 spiro atoms. The van der Waals surface area contributed by atoms with Crippen molar-refractivity contribution in [3.63, 3.8) is 0 Å². The van der Waals surface area contributed by atoms with Gasteiger partial charge >= 0.3 is 5.97 Å². The first-order valence-corrected chi connectivity index (χ1v) is 11.1. The van der Waals surface area contributed by atoms with E-state index in [9.17, 15) is 4.79 Å². The predicted octanol–water partition coefficient (Wildman–Crippen LogP) is 3.30. The number of likely N-dealkylation sites (tertiary alicyclic amines) is 2. The Kier molecular flexibility index (Phi) is 10.9. The molecule has 2 aliphatic heterocycles. The molecule has 8 heteroatoms. The van der Waals surface area contributed by atoms with Crippen molar-refractivity contribution in [3.05, 3.63) is 29.8 Å². The third-order valence-electron chi connectivity index (χ3n) is 6.33. The summed E-state index contributed by atoms with van der Waals surface area (Å²) in [7, 11) is 5.00. The molecule has 0 bridgehead atoms. The summed E-state index contributed by atoms with van der Waals surface area (Å²) in [5, 5.41) is 3.61. The highest BCUT2D eigenvalue weighted by Gasteiger charge is 2.28. The molecular weight excluding hydrogens is 507 g/mol. The summed E-state index contributed by atoms with van der Waals surface area (Å²) in [5.74, 6) is 1.70. The molecule has 2 saturated heterocycles. The minimum atomic E-state index is -0.0951. The average molecular weight is 544 g/mol. The van der Waals surface area contributed by atoms with Gasteiger partial charge in [-0.3, -0.25) is 14.7 Å². The third-order valence-corrected chi connectivity index (χ3v) is 6.33. The zero-order valence-corrected chi connectivity index (χ0v) is 21.3. The summed E-state index contributed by atoms with van der Waals surface area (Å²) in [6, 6.07) is 8.71. The average Bonchev–Trinajstić information content (AvgIpc) is 2.82. The summed E-state index contributed by atoms with van der Waals surface area (Å²) >= 11 is 0. The Balaban J connectivity index is 0.00000341. The molecule has 0 saturated carbocycles. The van der Waals surface area contributed by atoms with Crippen molar-refractivity contribution >= 4 is 35.9 Å². The van der Waals surface area contributed by atoms with E-state index >= 15 is 0 Å². The lowest BCUT2D eigenvalue weighted by Crippen LogP contribution is -2.49. The topological polar surface area (TPSA) is 66.4 Å². The highest BCUT2D eigenvalue weighted by molar-refractivity contribution is 14.0. The second kappa shape index (κ2) is 13.1. The molecular formula is C23H37IN4O3. The number of nitrogens with zero attached hydrogens (tertiary/aromatic N) is 3. The van der Waals surface area contributed by atoms with Crippen LogP contribution in [0.15, 0.2) is 29.3 Å². The van der Waals surface area contributed by atoms with Gasteiger partial charge in [0, 0.05) is 26.7 Å². The Bertz CT molecular complexity index is 699. The van der Waals surface area contributed by atoms with Crippen molar-refractivity contribution in [1.82, 2.24) is 15.1 Å². The van der Waals surface area contributed by atoms with Crippen molar-refractivity contribution in [2.75, 3.05) is 54.0 Å². The maximum absolute atomic E-state index is 11.8. The molecule has 1 unspecified atom stereocenters. The number of rotatable bonds is 6. The summed E-state index contributed by atoms with van der Waals surface area (Å²) in [6.45, 7) is 4.69. The summed E-state index contributed by atoms with van der Waals surface area (Å²) < 4.78 is 10.2. The third kappa shape index (κ3) is 6.97. The van der Waals surface area contributed by atoms with Gasteiger partial charge in [-0.2, -0.15) is 0 Å². The number of methoxy groups -OCH3 is 2.